The lowest BCUT2D eigenvalue weighted by atomic mass is 9.92. The van der Waals surface area contributed by atoms with Crippen LogP contribution < -0.4 is 15.0 Å². The zero-order valence-corrected chi connectivity index (χ0v) is 29.1. The Morgan fingerprint density at radius 1 is 0.925 bits per heavy atom. The van der Waals surface area contributed by atoms with Crippen molar-refractivity contribution < 1.29 is 57.9 Å². The molecule has 0 saturated carbocycles. The summed E-state index contributed by atoms with van der Waals surface area (Å²) < 4.78 is 20.3. The van der Waals surface area contributed by atoms with Crippen molar-refractivity contribution in [2.24, 2.45) is 0 Å². The van der Waals surface area contributed by atoms with Gasteiger partial charge in [0.25, 0.3) is 24.8 Å². The number of nitrogens with zero attached hydrogens (tertiary/aromatic N) is 2. The lowest BCUT2D eigenvalue weighted by Crippen LogP contribution is -2.39. The van der Waals surface area contributed by atoms with Crippen LogP contribution in [-0.2, 0) is 35.1 Å². The first-order chi connectivity index (χ1) is 25.3. The standard InChI is InChI=1S/C38H37N3O12/c1-38(2,3)53-37(49)24-9-7-23(8-10-24)17-41-35(47)27-6-4-5-26-29(13-12-28(34(26)27)36(41)48)39-16-31(44)25-11-14-30(32(15-25)52-22-51-21-43)40(18-33(45)46)19-50-20-42/h4-15,20-21,31,39,44H,16-19,22H2,1-3H3,(H,45,46). The van der Waals surface area contributed by atoms with Crippen LogP contribution >= 0.6 is 0 Å². The predicted molar refractivity (Wildman–Crippen MR) is 189 cm³/mol. The highest BCUT2D eigenvalue weighted by Crippen LogP contribution is 2.36. The third-order valence-corrected chi connectivity index (χ3v) is 8.09. The van der Waals surface area contributed by atoms with Gasteiger partial charge in [-0.05, 0) is 74.4 Å². The summed E-state index contributed by atoms with van der Waals surface area (Å²) in [4.78, 5) is 75.1. The molecule has 0 spiro atoms. The van der Waals surface area contributed by atoms with Gasteiger partial charge in [0, 0.05) is 34.1 Å². The summed E-state index contributed by atoms with van der Waals surface area (Å²) in [5, 5.41) is 24.7. The summed E-state index contributed by atoms with van der Waals surface area (Å²) in [6, 6.07) is 19.3. The normalized spacial score (nSPS) is 12.9. The number of aliphatic hydroxyl groups excluding tert-OH is 1. The van der Waals surface area contributed by atoms with Gasteiger partial charge in [0.15, 0.2) is 6.73 Å². The number of aliphatic hydroxyl groups is 1. The lowest BCUT2D eigenvalue weighted by molar-refractivity contribution is -0.136. The number of carboxylic acids is 1. The quantitative estimate of drug-likeness (QED) is 0.0348. The third-order valence-electron chi connectivity index (χ3n) is 8.09. The van der Waals surface area contributed by atoms with Gasteiger partial charge in [0.05, 0.1) is 23.9 Å². The summed E-state index contributed by atoms with van der Waals surface area (Å²) >= 11 is 0. The van der Waals surface area contributed by atoms with Gasteiger partial charge in [-0.1, -0.05) is 30.3 Å². The van der Waals surface area contributed by atoms with Gasteiger partial charge in [-0.2, -0.15) is 0 Å². The maximum Gasteiger partial charge on any atom is 0.338 e. The molecule has 15 nitrogen and oxygen atoms in total. The fraction of sp³-hybridized carbons (Fsp3) is 0.263. The molecule has 5 rings (SSSR count). The van der Waals surface area contributed by atoms with Crippen LogP contribution in [0.4, 0.5) is 11.4 Å². The highest BCUT2D eigenvalue weighted by molar-refractivity contribution is 6.26. The number of esters is 1. The van der Waals surface area contributed by atoms with Crippen molar-refractivity contribution in [3.05, 3.63) is 101 Å². The third kappa shape index (κ3) is 8.88. The summed E-state index contributed by atoms with van der Waals surface area (Å²) in [6.45, 7) is 4.10. The van der Waals surface area contributed by atoms with Crippen molar-refractivity contribution in [3.8, 4) is 5.75 Å². The van der Waals surface area contributed by atoms with Gasteiger partial charge < -0.3 is 39.4 Å². The molecule has 1 aliphatic heterocycles. The Morgan fingerprint density at radius 3 is 2.28 bits per heavy atom. The highest BCUT2D eigenvalue weighted by Gasteiger charge is 2.33. The van der Waals surface area contributed by atoms with E-state index in [9.17, 15) is 39.0 Å². The van der Waals surface area contributed by atoms with Crippen LogP contribution in [0.2, 0.25) is 0 Å². The molecule has 0 aliphatic carbocycles. The average Bonchev–Trinajstić information content (AvgIpc) is 3.12. The number of imide groups is 1. The van der Waals surface area contributed by atoms with E-state index in [2.05, 4.69) is 10.1 Å². The molecule has 276 valence electrons. The second-order valence-corrected chi connectivity index (χ2v) is 12.9. The maximum atomic E-state index is 13.7. The van der Waals surface area contributed by atoms with Gasteiger partial charge >= 0.3 is 11.9 Å². The molecule has 0 aromatic heterocycles. The molecule has 0 fully saturated rings. The molecule has 1 atom stereocenters. The van der Waals surface area contributed by atoms with Crippen molar-refractivity contribution in [2.45, 2.75) is 39.0 Å². The Balaban J connectivity index is 1.34. The molecule has 4 aromatic rings. The maximum absolute atomic E-state index is 13.7. The second-order valence-electron chi connectivity index (χ2n) is 12.9. The number of hydrogen-bond acceptors (Lipinski definition) is 13. The smallest absolute Gasteiger partial charge is 0.338 e. The van der Waals surface area contributed by atoms with Crippen LogP contribution in [0.15, 0.2) is 72.8 Å². The monoisotopic (exact) mass is 727 g/mol. The van der Waals surface area contributed by atoms with E-state index in [1.54, 1.807) is 75.4 Å². The van der Waals surface area contributed by atoms with Crippen molar-refractivity contribution >= 4 is 58.8 Å². The first-order valence-electron chi connectivity index (χ1n) is 16.3. The molecule has 2 amide bonds. The van der Waals surface area contributed by atoms with Gasteiger partial charge in [0.2, 0.25) is 6.79 Å². The number of carbonyl (C=O) groups is 6. The first kappa shape index (κ1) is 37.8. The fourth-order valence-electron chi connectivity index (χ4n) is 5.76. The van der Waals surface area contributed by atoms with Crippen LogP contribution in [0, 0.1) is 0 Å². The van der Waals surface area contributed by atoms with Crippen LogP contribution in [0.25, 0.3) is 10.8 Å². The van der Waals surface area contributed by atoms with Crippen molar-refractivity contribution in [1.29, 1.82) is 0 Å². The Morgan fingerprint density at radius 2 is 1.62 bits per heavy atom. The second kappa shape index (κ2) is 16.2. The Kier molecular flexibility index (Phi) is 11.6. The van der Waals surface area contributed by atoms with Gasteiger partial charge in [-0.15, -0.1) is 0 Å². The van der Waals surface area contributed by atoms with E-state index in [1.807, 2.05) is 0 Å². The Labute approximate surface area is 303 Å². The lowest BCUT2D eigenvalue weighted by Gasteiger charge is -2.28. The molecule has 53 heavy (non-hydrogen) atoms. The van der Waals surface area contributed by atoms with Crippen LogP contribution in [0.1, 0.15) is 69.1 Å². The van der Waals surface area contributed by atoms with Crippen molar-refractivity contribution in [1.82, 2.24) is 4.90 Å². The summed E-state index contributed by atoms with van der Waals surface area (Å²) in [5.74, 6) is -2.62. The highest BCUT2D eigenvalue weighted by atomic mass is 16.7. The average molecular weight is 728 g/mol. The molecule has 15 heteroatoms. The van der Waals surface area contributed by atoms with E-state index in [4.69, 9.17) is 14.2 Å². The van der Waals surface area contributed by atoms with E-state index in [0.29, 0.717) is 44.3 Å². The Bertz CT molecular complexity index is 2020. The number of carboxylic acid groups (broad SMARTS) is 1. The number of benzene rings is 4. The summed E-state index contributed by atoms with van der Waals surface area (Å²) in [6.07, 6.45) is -1.15. The van der Waals surface area contributed by atoms with Crippen molar-refractivity contribution in [3.63, 3.8) is 0 Å². The van der Waals surface area contributed by atoms with E-state index < -0.39 is 55.5 Å². The number of anilines is 2. The SMILES string of the molecule is CC(C)(C)OC(=O)c1ccc(CN2C(=O)c3cccc4c(NCC(O)c5ccc(N(COC=O)CC(=O)O)c(OCOC=O)c5)ccc(c34)C2=O)cc1. The zero-order valence-electron chi connectivity index (χ0n) is 29.1. The van der Waals surface area contributed by atoms with Gasteiger partial charge in [-0.3, -0.25) is 28.9 Å². The molecule has 3 N–H and O–H groups in total. The molecular formula is C38H37N3O12. The largest absolute Gasteiger partial charge is 0.480 e. The topological polar surface area (TPSA) is 198 Å². The van der Waals surface area contributed by atoms with E-state index in [1.165, 1.54) is 23.1 Å². The van der Waals surface area contributed by atoms with E-state index in [-0.39, 0.29) is 37.5 Å². The molecule has 0 radical (unpaired) electrons. The summed E-state index contributed by atoms with van der Waals surface area (Å²) in [7, 11) is 0. The molecular weight excluding hydrogens is 690 g/mol. The number of amides is 2. The fourth-order valence-corrected chi connectivity index (χ4v) is 5.76. The minimum atomic E-state index is -1.22. The van der Waals surface area contributed by atoms with E-state index >= 15 is 0 Å². The Hall–Kier alpha value is -6.48. The predicted octanol–water partition coefficient (Wildman–Crippen LogP) is 4.27. The number of carbonyl (C=O) groups excluding carboxylic acids is 5. The minimum absolute atomic E-state index is 0.0156. The number of aliphatic carboxylic acids is 1. The minimum Gasteiger partial charge on any atom is -0.480 e. The molecule has 1 heterocycles. The molecule has 1 unspecified atom stereocenters. The zero-order chi connectivity index (χ0) is 38.3. The number of hydrogen-bond donors (Lipinski definition) is 3. The molecule has 4 aromatic carbocycles. The summed E-state index contributed by atoms with van der Waals surface area (Å²) in [5.41, 5.74) is 2.06. The number of nitrogens with one attached hydrogen (secondary N) is 1. The number of ether oxygens (including phenoxy) is 4. The van der Waals surface area contributed by atoms with Crippen LogP contribution in [0.3, 0.4) is 0 Å². The van der Waals surface area contributed by atoms with Crippen LogP contribution in [-0.4, -0.2) is 84.0 Å². The van der Waals surface area contributed by atoms with E-state index in [0.717, 1.165) is 4.90 Å². The number of rotatable bonds is 17. The molecule has 1 aliphatic rings. The molecule has 0 bridgehead atoms. The van der Waals surface area contributed by atoms with Gasteiger partial charge in [0.1, 0.15) is 17.9 Å². The van der Waals surface area contributed by atoms with Crippen LogP contribution in [0.5, 0.6) is 5.75 Å². The van der Waals surface area contributed by atoms with Gasteiger partial charge in [-0.25, -0.2) is 4.79 Å². The molecule has 0 saturated heterocycles. The van der Waals surface area contributed by atoms with Crippen molar-refractivity contribution in [2.75, 3.05) is 36.8 Å². The first-order valence-corrected chi connectivity index (χ1v) is 16.3.